The van der Waals surface area contributed by atoms with Crippen LogP contribution in [0.3, 0.4) is 0 Å². The number of carbonyl (C=O) groups excluding carboxylic acids is 1. The molecule has 3 aromatic rings. The number of aromatic nitrogens is 2. The van der Waals surface area contributed by atoms with Gasteiger partial charge in [0.15, 0.2) is 0 Å². The van der Waals surface area contributed by atoms with Crippen molar-refractivity contribution in [1.82, 2.24) is 15.3 Å². The van der Waals surface area contributed by atoms with Gasteiger partial charge in [0, 0.05) is 24.5 Å². The van der Waals surface area contributed by atoms with Gasteiger partial charge >= 0.3 is 0 Å². The number of nitrogens with zero attached hydrogens (tertiary/aromatic N) is 2. The molecule has 1 amide bonds. The third-order valence-electron chi connectivity index (χ3n) is 5.02. The summed E-state index contributed by atoms with van der Waals surface area (Å²) in [4.78, 5) is 21.3. The van der Waals surface area contributed by atoms with Crippen molar-refractivity contribution >= 4 is 16.8 Å². The van der Waals surface area contributed by atoms with E-state index in [-0.39, 0.29) is 5.91 Å². The van der Waals surface area contributed by atoms with E-state index in [0.29, 0.717) is 18.8 Å². The molecule has 4 heteroatoms. The lowest BCUT2D eigenvalue weighted by atomic mass is 9.98. The summed E-state index contributed by atoms with van der Waals surface area (Å²) < 4.78 is 0. The monoisotopic (exact) mass is 345 g/mol. The van der Waals surface area contributed by atoms with Gasteiger partial charge in [-0.2, -0.15) is 0 Å². The molecule has 2 heterocycles. The van der Waals surface area contributed by atoms with Crippen LogP contribution in [0.25, 0.3) is 22.3 Å². The first kappa shape index (κ1) is 16.7. The smallest absolute Gasteiger partial charge is 0.220 e. The molecular formula is C22H23N3O. The highest BCUT2D eigenvalue weighted by Gasteiger charge is 2.27. The number of aryl methyl sites for hydroxylation is 2. The Labute approximate surface area is 153 Å². The summed E-state index contributed by atoms with van der Waals surface area (Å²) >= 11 is 0. The van der Waals surface area contributed by atoms with Gasteiger partial charge in [0.2, 0.25) is 5.91 Å². The molecule has 1 saturated carbocycles. The number of benzene rings is 1. The molecular weight excluding hydrogens is 322 g/mol. The molecule has 2 aromatic heterocycles. The van der Waals surface area contributed by atoms with Gasteiger partial charge in [-0.1, -0.05) is 24.3 Å². The van der Waals surface area contributed by atoms with Crippen LogP contribution in [0.4, 0.5) is 0 Å². The first-order valence-electron chi connectivity index (χ1n) is 9.23. The Kier molecular flexibility index (Phi) is 4.41. The Morgan fingerprint density at radius 3 is 2.65 bits per heavy atom. The number of fused-ring (bicyclic) bond motifs is 1. The van der Waals surface area contributed by atoms with Crippen LogP contribution in [0.2, 0.25) is 0 Å². The van der Waals surface area contributed by atoms with Crippen molar-refractivity contribution in [3.05, 3.63) is 59.3 Å². The molecule has 0 bridgehead atoms. The predicted octanol–water partition coefficient (Wildman–Crippen LogP) is 4.16. The highest BCUT2D eigenvalue weighted by molar-refractivity contribution is 5.88. The summed E-state index contributed by atoms with van der Waals surface area (Å²) in [6.07, 6.45) is 3.65. The minimum atomic E-state index is 0.0564. The van der Waals surface area contributed by atoms with Crippen LogP contribution in [0.5, 0.6) is 0 Å². The van der Waals surface area contributed by atoms with E-state index in [1.807, 2.05) is 25.1 Å². The number of nitrogens with one attached hydrogen (secondary N) is 1. The minimum Gasteiger partial charge on any atom is -0.359 e. The number of rotatable bonds is 5. The topological polar surface area (TPSA) is 54.9 Å². The zero-order valence-corrected chi connectivity index (χ0v) is 15.2. The molecule has 0 saturated heterocycles. The SMILES string of the molecule is CNC(=O)CCc1cccc2c(C3CC3)cc(-c3cccc(C)n3)nc12. The minimum absolute atomic E-state index is 0.0564. The second-order valence-corrected chi connectivity index (χ2v) is 7.02. The van der Waals surface area contributed by atoms with Crippen molar-refractivity contribution in [3.8, 4) is 11.4 Å². The second kappa shape index (κ2) is 6.87. The molecule has 4 nitrogen and oxygen atoms in total. The van der Waals surface area contributed by atoms with Crippen LogP contribution < -0.4 is 5.32 Å². The molecule has 0 atom stereocenters. The fraction of sp³-hybridized carbons (Fsp3) is 0.318. The van der Waals surface area contributed by atoms with Crippen LogP contribution in [0, 0.1) is 6.92 Å². The third kappa shape index (κ3) is 3.32. The predicted molar refractivity (Wildman–Crippen MR) is 104 cm³/mol. The van der Waals surface area contributed by atoms with Crippen molar-refractivity contribution in [2.24, 2.45) is 0 Å². The van der Waals surface area contributed by atoms with Crippen LogP contribution >= 0.6 is 0 Å². The molecule has 0 aliphatic heterocycles. The van der Waals surface area contributed by atoms with Crippen molar-refractivity contribution in [2.75, 3.05) is 7.05 Å². The average Bonchev–Trinajstić information content (AvgIpc) is 3.50. The normalized spacial score (nSPS) is 13.8. The van der Waals surface area contributed by atoms with Gasteiger partial charge in [0.25, 0.3) is 0 Å². The van der Waals surface area contributed by atoms with Crippen LogP contribution in [-0.4, -0.2) is 22.9 Å². The molecule has 4 rings (SSSR count). The van der Waals surface area contributed by atoms with Crippen molar-refractivity contribution in [3.63, 3.8) is 0 Å². The van der Waals surface area contributed by atoms with Crippen molar-refractivity contribution in [2.45, 2.75) is 38.5 Å². The van der Waals surface area contributed by atoms with E-state index in [0.717, 1.165) is 28.2 Å². The number of amides is 1. The summed E-state index contributed by atoms with van der Waals surface area (Å²) in [5.74, 6) is 0.680. The fourth-order valence-corrected chi connectivity index (χ4v) is 3.46. The zero-order valence-electron chi connectivity index (χ0n) is 15.2. The maximum Gasteiger partial charge on any atom is 0.220 e. The summed E-state index contributed by atoms with van der Waals surface area (Å²) in [6.45, 7) is 2.00. The molecule has 132 valence electrons. The Hall–Kier alpha value is -2.75. The number of hydrogen-bond donors (Lipinski definition) is 1. The number of pyridine rings is 2. The quantitative estimate of drug-likeness (QED) is 0.755. The molecule has 0 radical (unpaired) electrons. The molecule has 0 spiro atoms. The second-order valence-electron chi connectivity index (χ2n) is 7.02. The first-order chi connectivity index (χ1) is 12.7. The van der Waals surface area contributed by atoms with Crippen LogP contribution in [-0.2, 0) is 11.2 Å². The zero-order chi connectivity index (χ0) is 18.1. The molecule has 1 fully saturated rings. The van der Waals surface area contributed by atoms with E-state index in [4.69, 9.17) is 4.98 Å². The number of carbonyl (C=O) groups is 1. The molecule has 1 aliphatic rings. The Morgan fingerprint density at radius 1 is 1.12 bits per heavy atom. The molecule has 1 aliphatic carbocycles. The Bertz CT molecular complexity index is 976. The van der Waals surface area contributed by atoms with E-state index < -0.39 is 0 Å². The van der Waals surface area contributed by atoms with Gasteiger partial charge in [-0.15, -0.1) is 0 Å². The fourth-order valence-electron chi connectivity index (χ4n) is 3.46. The third-order valence-corrected chi connectivity index (χ3v) is 5.02. The lowest BCUT2D eigenvalue weighted by molar-refractivity contribution is -0.120. The van der Waals surface area contributed by atoms with Crippen LogP contribution in [0.15, 0.2) is 42.5 Å². The summed E-state index contributed by atoms with van der Waals surface area (Å²) in [5.41, 5.74) is 6.34. The molecule has 26 heavy (non-hydrogen) atoms. The van der Waals surface area contributed by atoms with Gasteiger partial charge in [0.05, 0.1) is 16.9 Å². The van der Waals surface area contributed by atoms with Gasteiger partial charge in [-0.05, 0) is 61.4 Å². The van der Waals surface area contributed by atoms with Crippen molar-refractivity contribution < 1.29 is 4.79 Å². The summed E-state index contributed by atoms with van der Waals surface area (Å²) in [7, 11) is 1.68. The molecule has 1 N–H and O–H groups in total. The van der Waals surface area contributed by atoms with E-state index in [2.05, 4.69) is 34.6 Å². The lowest BCUT2D eigenvalue weighted by Gasteiger charge is -2.12. The maximum absolute atomic E-state index is 11.7. The highest BCUT2D eigenvalue weighted by Crippen LogP contribution is 2.44. The Morgan fingerprint density at radius 2 is 1.92 bits per heavy atom. The first-order valence-corrected chi connectivity index (χ1v) is 9.23. The number of para-hydroxylation sites is 1. The Balaban J connectivity index is 1.85. The highest BCUT2D eigenvalue weighted by atomic mass is 16.1. The largest absolute Gasteiger partial charge is 0.359 e. The van der Waals surface area contributed by atoms with Gasteiger partial charge in [-0.25, -0.2) is 4.98 Å². The van der Waals surface area contributed by atoms with E-state index in [1.54, 1.807) is 7.05 Å². The average molecular weight is 345 g/mol. The number of hydrogen-bond acceptors (Lipinski definition) is 3. The standard InChI is InChI=1S/C22H23N3O/c1-14-5-3-8-19(24-14)20-13-18(15-9-10-15)17-7-4-6-16(22(17)25-20)11-12-21(26)23-2/h3-8,13,15H,9-12H2,1-2H3,(H,23,26). The maximum atomic E-state index is 11.7. The van der Waals surface area contributed by atoms with Crippen molar-refractivity contribution in [1.29, 1.82) is 0 Å². The van der Waals surface area contributed by atoms with Crippen LogP contribution in [0.1, 0.15) is 42.0 Å². The van der Waals surface area contributed by atoms with E-state index in [9.17, 15) is 4.79 Å². The summed E-state index contributed by atoms with van der Waals surface area (Å²) in [5, 5.41) is 3.92. The van der Waals surface area contributed by atoms with Gasteiger partial charge in [-0.3, -0.25) is 9.78 Å². The lowest BCUT2D eigenvalue weighted by Crippen LogP contribution is -2.18. The summed E-state index contributed by atoms with van der Waals surface area (Å²) in [6, 6.07) is 14.6. The molecule has 1 aromatic carbocycles. The molecule has 0 unspecified atom stereocenters. The van der Waals surface area contributed by atoms with E-state index in [1.165, 1.54) is 23.8 Å². The van der Waals surface area contributed by atoms with Gasteiger partial charge in [0.1, 0.15) is 0 Å². The van der Waals surface area contributed by atoms with E-state index >= 15 is 0 Å². The van der Waals surface area contributed by atoms with Gasteiger partial charge < -0.3 is 5.32 Å².